The average Bonchev–Trinajstić information content (AvgIpc) is 2.37. The summed E-state index contributed by atoms with van der Waals surface area (Å²) < 4.78 is 0. The number of hydrogen-bond donors (Lipinski definition) is 1. The first-order valence-electron chi connectivity index (χ1n) is 8.52. The van der Waals surface area contributed by atoms with Gasteiger partial charge in [-0.1, -0.05) is 60.6 Å². The normalized spacial score (nSPS) is 12.7. The van der Waals surface area contributed by atoms with Gasteiger partial charge in [0.1, 0.15) is 5.75 Å². The summed E-state index contributed by atoms with van der Waals surface area (Å²) in [7, 11) is 0. The second kappa shape index (κ2) is 7.77. The van der Waals surface area contributed by atoms with Gasteiger partial charge in [-0.3, -0.25) is 0 Å². The number of phenols is 1. The summed E-state index contributed by atoms with van der Waals surface area (Å²) in [6, 6.07) is 4.43. The highest BCUT2D eigenvalue weighted by Crippen LogP contribution is 2.40. The fraction of sp³-hybridized carbons (Fsp3) is 0.700. The maximum absolute atomic E-state index is 10.7. The highest BCUT2D eigenvalue weighted by Gasteiger charge is 2.26. The molecule has 0 heterocycles. The minimum Gasteiger partial charge on any atom is -0.507 e. The SMILES string of the molecule is CCCSCCCc1cc(C(C)(C)C)c(O)c(C(C)(C)C)c1. The Morgan fingerprint density at radius 1 is 0.909 bits per heavy atom. The van der Waals surface area contributed by atoms with Crippen LogP contribution >= 0.6 is 11.8 Å². The summed E-state index contributed by atoms with van der Waals surface area (Å²) in [5, 5.41) is 10.7. The van der Waals surface area contributed by atoms with Crippen molar-refractivity contribution in [3.63, 3.8) is 0 Å². The van der Waals surface area contributed by atoms with E-state index in [-0.39, 0.29) is 10.8 Å². The third-order valence-corrected chi connectivity index (χ3v) is 5.16. The Hall–Kier alpha value is -0.630. The summed E-state index contributed by atoms with van der Waals surface area (Å²) in [5.41, 5.74) is 3.46. The Morgan fingerprint density at radius 2 is 1.41 bits per heavy atom. The molecule has 2 heteroatoms. The summed E-state index contributed by atoms with van der Waals surface area (Å²) in [6.45, 7) is 15.3. The smallest absolute Gasteiger partial charge is 0.123 e. The van der Waals surface area contributed by atoms with Crippen LogP contribution in [0.3, 0.4) is 0 Å². The van der Waals surface area contributed by atoms with Gasteiger partial charge in [-0.2, -0.15) is 11.8 Å². The first-order chi connectivity index (χ1) is 10.1. The van der Waals surface area contributed by atoms with E-state index in [2.05, 4.69) is 60.6 Å². The van der Waals surface area contributed by atoms with Crippen LogP contribution < -0.4 is 0 Å². The molecule has 1 nitrogen and oxygen atoms in total. The molecule has 22 heavy (non-hydrogen) atoms. The Morgan fingerprint density at radius 3 is 1.82 bits per heavy atom. The van der Waals surface area contributed by atoms with Crippen LogP contribution in [0.5, 0.6) is 5.75 Å². The summed E-state index contributed by atoms with van der Waals surface area (Å²) in [5.74, 6) is 2.98. The van der Waals surface area contributed by atoms with Gasteiger partial charge >= 0.3 is 0 Å². The van der Waals surface area contributed by atoms with Crippen LogP contribution in [0.2, 0.25) is 0 Å². The molecule has 1 aromatic rings. The van der Waals surface area contributed by atoms with Crippen molar-refractivity contribution in [3.8, 4) is 5.75 Å². The molecule has 0 aliphatic rings. The molecular formula is C20H34OS. The van der Waals surface area contributed by atoms with Crippen molar-refractivity contribution >= 4 is 11.8 Å². The van der Waals surface area contributed by atoms with Gasteiger partial charge < -0.3 is 5.11 Å². The molecule has 0 aliphatic carbocycles. The molecule has 0 bridgehead atoms. The standard InChI is InChI=1S/C20H34OS/c1-8-11-22-12-9-10-15-13-16(19(2,3)4)18(21)17(14-15)20(5,6)7/h13-14,21H,8-12H2,1-7H3. The lowest BCUT2D eigenvalue weighted by atomic mass is 9.78. The van der Waals surface area contributed by atoms with Crippen LogP contribution in [0.25, 0.3) is 0 Å². The highest BCUT2D eigenvalue weighted by atomic mass is 32.2. The molecule has 1 rings (SSSR count). The first-order valence-corrected chi connectivity index (χ1v) is 9.67. The van der Waals surface area contributed by atoms with Crippen LogP contribution in [0, 0.1) is 0 Å². The summed E-state index contributed by atoms with van der Waals surface area (Å²) in [4.78, 5) is 0. The van der Waals surface area contributed by atoms with E-state index in [4.69, 9.17) is 0 Å². The Kier molecular flexibility index (Phi) is 6.85. The van der Waals surface area contributed by atoms with Crippen LogP contribution in [0.1, 0.15) is 78.0 Å². The zero-order chi connectivity index (χ0) is 17.0. The number of benzene rings is 1. The van der Waals surface area contributed by atoms with Crippen molar-refractivity contribution in [1.29, 1.82) is 0 Å². The van der Waals surface area contributed by atoms with Crippen LogP contribution in [-0.2, 0) is 17.3 Å². The molecule has 0 spiro atoms. The molecule has 0 saturated carbocycles. The lowest BCUT2D eigenvalue weighted by molar-refractivity contribution is 0.422. The topological polar surface area (TPSA) is 20.2 Å². The predicted octanol–water partition coefficient (Wildman–Crippen LogP) is 6.06. The third kappa shape index (κ3) is 5.53. The van der Waals surface area contributed by atoms with Gasteiger partial charge in [0, 0.05) is 0 Å². The van der Waals surface area contributed by atoms with E-state index in [1.807, 2.05) is 11.8 Å². The van der Waals surface area contributed by atoms with Gasteiger partial charge in [0.2, 0.25) is 0 Å². The maximum atomic E-state index is 10.7. The molecule has 0 aliphatic heterocycles. The van der Waals surface area contributed by atoms with Crippen LogP contribution in [0.4, 0.5) is 0 Å². The Labute approximate surface area is 141 Å². The van der Waals surface area contributed by atoms with E-state index in [1.165, 1.54) is 29.9 Å². The number of phenolic OH excluding ortho intramolecular Hbond substituents is 1. The van der Waals surface area contributed by atoms with E-state index in [9.17, 15) is 5.11 Å². The van der Waals surface area contributed by atoms with Gasteiger partial charge in [-0.15, -0.1) is 0 Å². The number of rotatable bonds is 6. The molecule has 0 fully saturated rings. The van der Waals surface area contributed by atoms with Crippen LogP contribution in [-0.4, -0.2) is 16.6 Å². The van der Waals surface area contributed by atoms with E-state index in [0.29, 0.717) is 5.75 Å². The van der Waals surface area contributed by atoms with Crippen molar-refractivity contribution in [2.24, 2.45) is 0 Å². The van der Waals surface area contributed by atoms with E-state index in [1.54, 1.807) is 0 Å². The van der Waals surface area contributed by atoms with Gasteiger partial charge in [-0.25, -0.2) is 0 Å². The molecule has 126 valence electrons. The molecule has 1 N–H and O–H groups in total. The second-order valence-corrected chi connectivity index (χ2v) is 9.48. The quantitative estimate of drug-likeness (QED) is 0.642. The van der Waals surface area contributed by atoms with Gasteiger partial charge in [0.25, 0.3) is 0 Å². The lowest BCUT2D eigenvalue weighted by Gasteiger charge is -2.28. The van der Waals surface area contributed by atoms with Crippen molar-refractivity contribution in [2.75, 3.05) is 11.5 Å². The van der Waals surface area contributed by atoms with Crippen LogP contribution in [0.15, 0.2) is 12.1 Å². The fourth-order valence-electron chi connectivity index (χ4n) is 2.61. The Bertz CT molecular complexity index is 442. The largest absolute Gasteiger partial charge is 0.507 e. The predicted molar refractivity (Wildman–Crippen MR) is 101 cm³/mol. The van der Waals surface area contributed by atoms with Crippen molar-refractivity contribution in [3.05, 3.63) is 28.8 Å². The molecule has 0 atom stereocenters. The van der Waals surface area contributed by atoms with E-state index in [0.717, 1.165) is 17.5 Å². The Balaban J connectivity index is 3.03. The zero-order valence-corrected chi connectivity index (χ0v) is 16.4. The maximum Gasteiger partial charge on any atom is 0.123 e. The summed E-state index contributed by atoms with van der Waals surface area (Å²) in [6.07, 6.45) is 3.57. The fourth-order valence-corrected chi connectivity index (χ4v) is 3.45. The van der Waals surface area contributed by atoms with Gasteiger partial charge in [0.15, 0.2) is 0 Å². The minimum absolute atomic E-state index is 0.0307. The third-order valence-electron chi connectivity index (χ3n) is 3.89. The molecule has 0 saturated heterocycles. The summed E-state index contributed by atoms with van der Waals surface area (Å²) >= 11 is 2.05. The monoisotopic (exact) mass is 322 g/mol. The zero-order valence-electron chi connectivity index (χ0n) is 15.5. The minimum atomic E-state index is -0.0307. The van der Waals surface area contributed by atoms with Crippen molar-refractivity contribution in [1.82, 2.24) is 0 Å². The lowest BCUT2D eigenvalue weighted by Crippen LogP contribution is -2.18. The number of hydrogen-bond acceptors (Lipinski definition) is 2. The number of thioether (sulfide) groups is 1. The molecule has 0 unspecified atom stereocenters. The molecular weight excluding hydrogens is 288 g/mol. The van der Waals surface area contributed by atoms with Crippen molar-refractivity contribution in [2.45, 2.75) is 78.6 Å². The highest BCUT2D eigenvalue weighted by molar-refractivity contribution is 7.99. The molecule has 0 amide bonds. The molecule has 0 aromatic heterocycles. The average molecular weight is 323 g/mol. The van der Waals surface area contributed by atoms with Gasteiger partial charge in [-0.05, 0) is 58.3 Å². The van der Waals surface area contributed by atoms with Crippen molar-refractivity contribution < 1.29 is 5.11 Å². The first kappa shape index (κ1) is 19.4. The van der Waals surface area contributed by atoms with Gasteiger partial charge in [0.05, 0.1) is 0 Å². The molecule has 1 aromatic carbocycles. The second-order valence-electron chi connectivity index (χ2n) is 8.26. The number of aromatic hydroxyl groups is 1. The number of aryl methyl sites for hydroxylation is 1. The molecule has 0 radical (unpaired) electrons. The van der Waals surface area contributed by atoms with E-state index >= 15 is 0 Å². The van der Waals surface area contributed by atoms with E-state index < -0.39 is 0 Å².